The second kappa shape index (κ2) is 8.66. The molecule has 33 heavy (non-hydrogen) atoms. The number of nitrogens with one attached hydrogen (secondary N) is 1. The molecule has 8 heteroatoms. The summed E-state index contributed by atoms with van der Waals surface area (Å²) in [6, 6.07) is 14.9. The molecule has 2 aromatic carbocycles. The van der Waals surface area contributed by atoms with E-state index in [2.05, 4.69) is 5.32 Å². The van der Waals surface area contributed by atoms with Gasteiger partial charge in [0.25, 0.3) is 5.91 Å². The van der Waals surface area contributed by atoms with E-state index in [-0.39, 0.29) is 24.3 Å². The van der Waals surface area contributed by atoms with Crippen LogP contribution in [0.2, 0.25) is 18.6 Å². The summed E-state index contributed by atoms with van der Waals surface area (Å²) in [4.78, 5) is 27.0. The molecule has 0 radical (unpaired) electrons. The molecule has 2 amide bonds. The van der Waals surface area contributed by atoms with Gasteiger partial charge in [-0.15, -0.1) is 0 Å². The van der Waals surface area contributed by atoms with Gasteiger partial charge in [-0.25, -0.2) is 0 Å². The lowest BCUT2D eigenvalue weighted by atomic mass is 9.82. The van der Waals surface area contributed by atoms with Gasteiger partial charge in [-0.2, -0.15) is 0 Å². The van der Waals surface area contributed by atoms with Crippen LogP contribution in [-0.2, 0) is 26.5 Å². The van der Waals surface area contributed by atoms with Gasteiger partial charge >= 0.3 is 0 Å². The molecule has 2 heterocycles. The smallest absolute Gasteiger partial charge is 0.264 e. The Labute approximate surface area is 194 Å². The molecular weight excluding hydrogens is 439 g/mol. The Balaban J connectivity index is 1.71. The molecule has 0 unspecified atom stereocenters. The van der Waals surface area contributed by atoms with E-state index < -0.39 is 25.7 Å². The van der Waals surface area contributed by atoms with Crippen LogP contribution in [0, 0.1) is 5.92 Å². The molecule has 4 atom stereocenters. The van der Waals surface area contributed by atoms with Gasteiger partial charge < -0.3 is 24.2 Å². The standard InChI is InChI=1S/C25H31FN2O4Si/c1-16-23(33(3,4)26)22(13-14-29)32-25(16)20-7-5-6-8-21(20)28(24(25)31)15-18-9-11-19(12-10-18)27-17(2)30/h5-12,16,22-23,29H,13-15H2,1-4H3,(H,27,30)/t16-,22+,23-,25+/m0/s1. The Bertz CT molecular complexity index is 1060. The fourth-order valence-corrected chi connectivity index (χ4v) is 8.18. The zero-order chi connectivity index (χ0) is 24.0. The summed E-state index contributed by atoms with van der Waals surface area (Å²) in [5, 5.41) is 12.3. The number of halogens is 1. The third kappa shape index (κ3) is 4.00. The third-order valence-electron chi connectivity index (χ3n) is 6.90. The molecule has 2 aliphatic heterocycles. The minimum atomic E-state index is -3.19. The first-order valence-electron chi connectivity index (χ1n) is 11.3. The van der Waals surface area contributed by atoms with Gasteiger partial charge in [0.15, 0.2) is 5.60 Å². The van der Waals surface area contributed by atoms with Gasteiger partial charge in [0, 0.05) is 36.2 Å². The summed E-state index contributed by atoms with van der Waals surface area (Å²) in [7, 11) is -3.19. The highest BCUT2D eigenvalue weighted by atomic mass is 28.4. The van der Waals surface area contributed by atoms with Crippen molar-refractivity contribution in [1.82, 2.24) is 0 Å². The zero-order valence-corrected chi connectivity index (χ0v) is 20.5. The number of carbonyl (C=O) groups is 2. The van der Waals surface area contributed by atoms with Crippen molar-refractivity contribution in [3.05, 3.63) is 59.7 Å². The lowest BCUT2D eigenvalue weighted by Crippen LogP contribution is -2.45. The summed E-state index contributed by atoms with van der Waals surface area (Å²) >= 11 is 0. The van der Waals surface area contributed by atoms with Crippen molar-refractivity contribution in [3.63, 3.8) is 0 Å². The molecule has 0 aromatic heterocycles. The van der Waals surface area contributed by atoms with Crippen LogP contribution < -0.4 is 10.2 Å². The van der Waals surface area contributed by atoms with Crippen LogP contribution in [-0.4, -0.2) is 38.0 Å². The van der Waals surface area contributed by atoms with E-state index in [9.17, 15) is 14.7 Å². The Kier molecular flexibility index (Phi) is 6.20. The van der Waals surface area contributed by atoms with Gasteiger partial charge in [-0.3, -0.25) is 9.59 Å². The average Bonchev–Trinajstić information content (AvgIpc) is 3.17. The van der Waals surface area contributed by atoms with E-state index >= 15 is 4.11 Å². The lowest BCUT2D eigenvalue weighted by molar-refractivity contribution is -0.146. The summed E-state index contributed by atoms with van der Waals surface area (Å²) in [5.41, 5.74) is 1.46. The number of hydrogen-bond acceptors (Lipinski definition) is 4. The number of aliphatic hydroxyl groups excluding tert-OH is 1. The fourth-order valence-electron chi connectivity index (χ4n) is 5.63. The maximum absolute atomic E-state index is 15.5. The topological polar surface area (TPSA) is 78.9 Å². The van der Waals surface area contributed by atoms with Crippen LogP contribution in [0.15, 0.2) is 48.5 Å². The number of amides is 2. The number of rotatable bonds is 6. The van der Waals surface area contributed by atoms with Crippen LogP contribution in [0.1, 0.15) is 31.4 Å². The van der Waals surface area contributed by atoms with Crippen molar-refractivity contribution < 1.29 is 23.5 Å². The molecule has 1 fully saturated rings. The molecule has 1 spiro atoms. The number of fused-ring (bicyclic) bond motifs is 2. The molecule has 6 nitrogen and oxygen atoms in total. The highest BCUT2D eigenvalue weighted by molar-refractivity contribution is 6.72. The van der Waals surface area contributed by atoms with Crippen molar-refractivity contribution in [1.29, 1.82) is 0 Å². The van der Waals surface area contributed by atoms with E-state index in [4.69, 9.17) is 4.74 Å². The van der Waals surface area contributed by atoms with Crippen molar-refractivity contribution >= 4 is 31.6 Å². The molecule has 1 saturated heterocycles. The molecule has 176 valence electrons. The first-order valence-corrected chi connectivity index (χ1v) is 14.3. The number of ether oxygens (including phenoxy) is 1. The third-order valence-corrected chi connectivity index (χ3v) is 9.35. The highest BCUT2D eigenvalue weighted by Gasteiger charge is 2.66. The van der Waals surface area contributed by atoms with Crippen molar-refractivity contribution in [2.24, 2.45) is 5.92 Å². The number of aliphatic hydroxyl groups is 1. The molecule has 2 aliphatic rings. The minimum Gasteiger partial charge on any atom is -0.396 e. The summed E-state index contributed by atoms with van der Waals surface area (Å²) in [5.74, 6) is -0.695. The lowest BCUT2D eigenvalue weighted by Gasteiger charge is -2.31. The van der Waals surface area contributed by atoms with Gasteiger partial charge in [0.1, 0.15) is 0 Å². The normalized spacial score (nSPS) is 26.7. The number of carbonyl (C=O) groups excluding carboxylic acids is 2. The molecule has 4 rings (SSSR count). The number of para-hydroxylation sites is 1. The Morgan fingerprint density at radius 2 is 1.88 bits per heavy atom. The maximum Gasteiger partial charge on any atom is 0.264 e. The zero-order valence-electron chi connectivity index (χ0n) is 19.5. The van der Waals surface area contributed by atoms with Gasteiger partial charge in [0.2, 0.25) is 14.3 Å². The summed E-state index contributed by atoms with van der Waals surface area (Å²) in [6.45, 7) is 6.89. The Morgan fingerprint density at radius 1 is 1.21 bits per heavy atom. The predicted molar refractivity (Wildman–Crippen MR) is 128 cm³/mol. The molecular formula is C25H31FN2O4Si. The first kappa shape index (κ1) is 23.6. The van der Waals surface area contributed by atoms with E-state index in [1.165, 1.54) is 6.92 Å². The largest absolute Gasteiger partial charge is 0.396 e. The Morgan fingerprint density at radius 3 is 2.48 bits per heavy atom. The predicted octanol–water partition coefficient (Wildman–Crippen LogP) is 4.35. The van der Waals surface area contributed by atoms with Crippen molar-refractivity contribution in [2.75, 3.05) is 16.8 Å². The van der Waals surface area contributed by atoms with Crippen LogP contribution >= 0.6 is 0 Å². The average molecular weight is 471 g/mol. The van der Waals surface area contributed by atoms with Crippen LogP contribution in [0.25, 0.3) is 0 Å². The fraction of sp³-hybridized carbons (Fsp3) is 0.440. The minimum absolute atomic E-state index is 0.116. The number of nitrogens with zero attached hydrogens (tertiary/aromatic N) is 1. The van der Waals surface area contributed by atoms with Gasteiger partial charge in [-0.05, 0) is 43.3 Å². The van der Waals surface area contributed by atoms with E-state index in [0.29, 0.717) is 18.7 Å². The summed E-state index contributed by atoms with van der Waals surface area (Å²) < 4.78 is 21.9. The van der Waals surface area contributed by atoms with Crippen molar-refractivity contribution in [2.45, 2.75) is 57.2 Å². The van der Waals surface area contributed by atoms with Crippen LogP contribution in [0.4, 0.5) is 15.5 Å². The number of benzene rings is 2. The number of hydrogen-bond donors (Lipinski definition) is 2. The Hall–Kier alpha value is -2.55. The van der Waals surface area contributed by atoms with Gasteiger partial charge in [0.05, 0.1) is 18.3 Å². The maximum atomic E-state index is 15.5. The van der Waals surface area contributed by atoms with E-state index in [1.807, 2.05) is 43.3 Å². The quantitative estimate of drug-likeness (QED) is 0.486. The van der Waals surface area contributed by atoms with E-state index in [0.717, 1.165) is 16.8 Å². The van der Waals surface area contributed by atoms with Crippen LogP contribution in [0.5, 0.6) is 0 Å². The number of anilines is 2. The molecule has 2 N–H and O–H groups in total. The van der Waals surface area contributed by atoms with Crippen LogP contribution in [0.3, 0.4) is 0 Å². The molecule has 0 aliphatic carbocycles. The van der Waals surface area contributed by atoms with E-state index in [1.54, 1.807) is 30.1 Å². The molecule has 0 saturated carbocycles. The van der Waals surface area contributed by atoms with Crippen molar-refractivity contribution in [3.8, 4) is 0 Å². The molecule has 0 bridgehead atoms. The monoisotopic (exact) mass is 470 g/mol. The summed E-state index contributed by atoms with van der Waals surface area (Å²) in [6.07, 6.45) is -0.206. The second-order valence-electron chi connectivity index (χ2n) is 9.57. The van der Waals surface area contributed by atoms with Gasteiger partial charge in [-0.1, -0.05) is 37.3 Å². The second-order valence-corrected chi connectivity index (χ2v) is 13.4. The molecule has 2 aromatic rings. The highest BCUT2D eigenvalue weighted by Crippen LogP contribution is 2.60. The SMILES string of the molecule is CC(=O)Nc1ccc(CN2C(=O)[C@]3(O[C@H](CCO)[C@@H]([Si](C)(C)F)[C@@H]3C)c3ccccc32)cc1. The first-order chi connectivity index (χ1) is 15.6.